The van der Waals surface area contributed by atoms with Crippen molar-refractivity contribution in [2.45, 2.75) is 51.0 Å². The van der Waals surface area contributed by atoms with Crippen LogP contribution in [0.1, 0.15) is 44.1 Å². The van der Waals surface area contributed by atoms with E-state index < -0.39 is 0 Å². The third-order valence-corrected chi connectivity index (χ3v) is 5.11. The average molecular weight is 329 g/mol. The highest BCUT2D eigenvalue weighted by atomic mass is 16.2. The lowest BCUT2D eigenvalue weighted by molar-refractivity contribution is -0.143. The Balaban J connectivity index is 1.49. The molecule has 1 aromatic carbocycles. The van der Waals surface area contributed by atoms with Crippen molar-refractivity contribution in [3.63, 3.8) is 0 Å². The Hall–Kier alpha value is -2.04. The summed E-state index contributed by atoms with van der Waals surface area (Å²) in [5.41, 5.74) is 7.64. The normalized spacial score (nSPS) is 20.6. The van der Waals surface area contributed by atoms with E-state index in [0.29, 0.717) is 6.42 Å². The summed E-state index contributed by atoms with van der Waals surface area (Å²) < 4.78 is 0. The Labute approximate surface area is 143 Å². The Kier molecular flexibility index (Phi) is 5.38. The number of aryl methyl sites for hydroxylation is 1. The summed E-state index contributed by atoms with van der Waals surface area (Å²) >= 11 is 0. The fourth-order valence-electron chi connectivity index (χ4n) is 3.74. The van der Waals surface area contributed by atoms with Crippen molar-refractivity contribution in [3.8, 4) is 0 Å². The van der Waals surface area contributed by atoms with E-state index >= 15 is 0 Å². The number of hydrogen-bond acceptors (Lipinski definition) is 3. The van der Waals surface area contributed by atoms with E-state index in [0.717, 1.165) is 63.8 Å². The molecule has 2 N–H and O–H groups in total. The number of nitrogen functional groups attached to an aromatic ring is 1. The van der Waals surface area contributed by atoms with Crippen molar-refractivity contribution < 1.29 is 9.59 Å². The van der Waals surface area contributed by atoms with E-state index in [4.69, 9.17) is 5.73 Å². The summed E-state index contributed by atoms with van der Waals surface area (Å²) in [6.45, 7) is 2.44. The van der Waals surface area contributed by atoms with Crippen LogP contribution in [-0.2, 0) is 16.0 Å². The second kappa shape index (κ2) is 7.69. The summed E-state index contributed by atoms with van der Waals surface area (Å²) in [5, 5.41) is 0. The van der Waals surface area contributed by atoms with Gasteiger partial charge in [-0.25, -0.2) is 0 Å². The summed E-state index contributed by atoms with van der Waals surface area (Å²) in [5.74, 6) is 0.289. The number of nitrogens with two attached hydrogens (primary N) is 1. The van der Waals surface area contributed by atoms with Crippen molar-refractivity contribution in [2.75, 3.05) is 25.4 Å². The van der Waals surface area contributed by atoms with Gasteiger partial charge in [-0.05, 0) is 56.2 Å². The van der Waals surface area contributed by atoms with Crippen molar-refractivity contribution >= 4 is 17.5 Å². The van der Waals surface area contributed by atoms with Crippen molar-refractivity contribution in [1.82, 2.24) is 9.80 Å². The molecule has 0 aliphatic carbocycles. The standard InChI is InChI=1S/C19H27N3O2/c20-16-10-8-15(9-11-16)5-3-7-18(23)22-14-4-6-17(22)19(24)21-12-1-2-13-21/h8-11,17H,1-7,12-14,20H2/t17-/m0/s1. The van der Waals surface area contributed by atoms with Crippen LogP contribution in [0.15, 0.2) is 24.3 Å². The molecule has 24 heavy (non-hydrogen) atoms. The Bertz CT molecular complexity index is 579. The van der Waals surface area contributed by atoms with Crippen LogP contribution in [0.2, 0.25) is 0 Å². The number of nitrogens with zero attached hydrogens (tertiary/aromatic N) is 2. The number of amides is 2. The predicted molar refractivity (Wildman–Crippen MR) is 94.3 cm³/mol. The fourth-order valence-corrected chi connectivity index (χ4v) is 3.74. The third-order valence-electron chi connectivity index (χ3n) is 5.11. The van der Waals surface area contributed by atoms with Gasteiger partial charge >= 0.3 is 0 Å². The van der Waals surface area contributed by atoms with E-state index in [1.165, 1.54) is 5.56 Å². The van der Waals surface area contributed by atoms with Gasteiger partial charge in [0.1, 0.15) is 6.04 Å². The molecule has 5 nitrogen and oxygen atoms in total. The Morgan fingerprint density at radius 2 is 1.75 bits per heavy atom. The van der Waals surface area contributed by atoms with Crippen molar-refractivity contribution in [1.29, 1.82) is 0 Å². The van der Waals surface area contributed by atoms with Crippen LogP contribution >= 0.6 is 0 Å². The second-order valence-electron chi connectivity index (χ2n) is 6.87. The van der Waals surface area contributed by atoms with Crippen LogP contribution in [0.3, 0.4) is 0 Å². The lowest BCUT2D eigenvalue weighted by Crippen LogP contribution is -2.46. The minimum absolute atomic E-state index is 0.125. The minimum Gasteiger partial charge on any atom is -0.399 e. The van der Waals surface area contributed by atoms with Gasteiger partial charge in [0, 0.05) is 31.7 Å². The number of carbonyl (C=O) groups is 2. The number of benzene rings is 1. The van der Waals surface area contributed by atoms with Crippen molar-refractivity contribution in [3.05, 3.63) is 29.8 Å². The number of hydrogen-bond donors (Lipinski definition) is 1. The van der Waals surface area contributed by atoms with Crippen LogP contribution in [0, 0.1) is 0 Å². The Morgan fingerprint density at radius 1 is 1.04 bits per heavy atom. The van der Waals surface area contributed by atoms with Gasteiger partial charge in [-0.3, -0.25) is 9.59 Å². The summed E-state index contributed by atoms with van der Waals surface area (Å²) in [6, 6.07) is 7.59. The molecular formula is C19H27N3O2. The number of likely N-dealkylation sites (tertiary alicyclic amines) is 2. The molecule has 2 aliphatic rings. The monoisotopic (exact) mass is 329 g/mol. The first-order chi connectivity index (χ1) is 11.6. The van der Waals surface area contributed by atoms with Crippen LogP contribution in [0.25, 0.3) is 0 Å². The molecule has 0 unspecified atom stereocenters. The molecule has 0 saturated carbocycles. The molecule has 5 heteroatoms. The summed E-state index contributed by atoms with van der Waals surface area (Å²) in [4.78, 5) is 28.9. The maximum absolute atomic E-state index is 12.6. The molecule has 2 heterocycles. The molecule has 130 valence electrons. The quantitative estimate of drug-likeness (QED) is 0.842. The van der Waals surface area contributed by atoms with Gasteiger partial charge in [0.05, 0.1) is 0 Å². The zero-order valence-corrected chi connectivity index (χ0v) is 14.2. The first-order valence-corrected chi connectivity index (χ1v) is 9.08. The van der Waals surface area contributed by atoms with Gasteiger partial charge in [0.25, 0.3) is 0 Å². The van der Waals surface area contributed by atoms with E-state index in [1.807, 2.05) is 34.1 Å². The highest BCUT2D eigenvalue weighted by Crippen LogP contribution is 2.23. The van der Waals surface area contributed by atoms with Gasteiger partial charge < -0.3 is 15.5 Å². The Morgan fingerprint density at radius 3 is 2.46 bits per heavy atom. The van der Waals surface area contributed by atoms with Crippen LogP contribution in [-0.4, -0.2) is 47.3 Å². The molecule has 0 radical (unpaired) electrons. The smallest absolute Gasteiger partial charge is 0.245 e. The SMILES string of the molecule is Nc1ccc(CCCC(=O)N2CCC[C@H]2C(=O)N2CCCC2)cc1. The van der Waals surface area contributed by atoms with Crippen LogP contribution in [0.5, 0.6) is 0 Å². The number of rotatable bonds is 5. The molecule has 2 amide bonds. The predicted octanol–water partition coefficient (Wildman–Crippen LogP) is 2.20. The topological polar surface area (TPSA) is 66.6 Å². The van der Waals surface area contributed by atoms with E-state index in [-0.39, 0.29) is 17.9 Å². The maximum Gasteiger partial charge on any atom is 0.245 e. The van der Waals surface area contributed by atoms with Crippen molar-refractivity contribution in [2.24, 2.45) is 0 Å². The van der Waals surface area contributed by atoms with Crippen LogP contribution < -0.4 is 5.73 Å². The van der Waals surface area contributed by atoms with Crippen LogP contribution in [0.4, 0.5) is 5.69 Å². The third kappa shape index (κ3) is 3.89. The van der Waals surface area contributed by atoms with Gasteiger partial charge in [-0.15, -0.1) is 0 Å². The molecular weight excluding hydrogens is 302 g/mol. The second-order valence-corrected chi connectivity index (χ2v) is 6.87. The molecule has 0 bridgehead atoms. The van der Waals surface area contributed by atoms with E-state index in [1.54, 1.807) is 0 Å². The van der Waals surface area contributed by atoms with Gasteiger partial charge in [0.15, 0.2) is 0 Å². The van der Waals surface area contributed by atoms with E-state index in [9.17, 15) is 9.59 Å². The molecule has 1 aromatic rings. The first kappa shape index (κ1) is 16.8. The molecule has 1 atom stereocenters. The highest BCUT2D eigenvalue weighted by molar-refractivity contribution is 5.88. The first-order valence-electron chi connectivity index (χ1n) is 9.08. The van der Waals surface area contributed by atoms with E-state index in [2.05, 4.69) is 0 Å². The molecule has 2 saturated heterocycles. The molecule has 3 rings (SSSR count). The fraction of sp³-hybridized carbons (Fsp3) is 0.579. The maximum atomic E-state index is 12.6. The van der Waals surface area contributed by atoms with Gasteiger partial charge in [-0.1, -0.05) is 12.1 Å². The largest absolute Gasteiger partial charge is 0.399 e. The lowest BCUT2D eigenvalue weighted by atomic mass is 10.1. The highest BCUT2D eigenvalue weighted by Gasteiger charge is 2.36. The zero-order valence-electron chi connectivity index (χ0n) is 14.2. The zero-order chi connectivity index (χ0) is 16.9. The average Bonchev–Trinajstić information content (AvgIpc) is 3.27. The summed E-state index contributed by atoms with van der Waals surface area (Å²) in [6.07, 6.45) is 6.12. The molecule has 0 spiro atoms. The molecule has 0 aromatic heterocycles. The number of carbonyl (C=O) groups excluding carboxylic acids is 2. The molecule has 2 aliphatic heterocycles. The summed E-state index contributed by atoms with van der Waals surface area (Å²) in [7, 11) is 0. The lowest BCUT2D eigenvalue weighted by Gasteiger charge is -2.27. The molecule has 2 fully saturated rings. The minimum atomic E-state index is -0.216. The van der Waals surface area contributed by atoms with Gasteiger partial charge in [0.2, 0.25) is 11.8 Å². The van der Waals surface area contributed by atoms with Gasteiger partial charge in [-0.2, -0.15) is 0 Å². The number of anilines is 1.